The molecule has 1 aliphatic rings. The summed E-state index contributed by atoms with van der Waals surface area (Å²) in [7, 11) is 1.47. The van der Waals surface area contributed by atoms with E-state index in [1.54, 1.807) is 24.3 Å². The SMILES string of the molecule is C=CCN1C(=O)/C(=C/c2cc(Br)c(OCC(=O)Nc3ccc(F)cc3)c(OC)c2)SC1=S. The van der Waals surface area contributed by atoms with Crippen LogP contribution in [-0.4, -0.2) is 41.3 Å². The third-order valence-corrected chi connectivity index (χ3v) is 6.18. The van der Waals surface area contributed by atoms with Crippen LogP contribution < -0.4 is 14.8 Å². The smallest absolute Gasteiger partial charge is 0.266 e. The van der Waals surface area contributed by atoms with Crippen molar-refractivity contribution in [1.29, 1.82) is 0 Å². The molecule has 3 rings (SSSR count). The molecule has 1 saturated heterocycles. The lowest BCUT2D eigenvalue weighted by atomic mass is 10.2. The van der Waals surface area contributed by atoms with Crippen LogP contribution in [0.4, 0.5) is 10.1 Å². The van der Waals surface area contributed by atoms with E-state index in [2.05, 4.69) is 27.8 Å². The number of ether oxygens (including phenoxy) is 2. The molecule has 0 saturated carbocycles. The number of hydrogen-bond acceptors (Lipinski definition) is 6. The van der Waals surface area contributed by atoms with Crippen LogP contribution in [0.15, 0.2) is 58.4 Å². The first-order valence-electron chi connectivity index (χ1n) is 9.24. The zero-order chi connectivity index (χ0) is 23.3. The largest absolute Gasteiger partial charge is 0.493 e. The summed E-state index contributed by atoms with van der Waals surface area (Å²) in [6.45, 7) is 3.70. The maximum Gasteiger partial charge on any atom is 0.266 e. The van der Waals surface area contributed by atoms with E-state index in [1.807, 2.05) is 0 Å². The second-order valence-electron chi connectivity index (χ2n) is 6.46. The molecular formula is C22H18BrFN2O4S2. The van der Waals surface area contributed by atoms with Gasteiger partial charge in [-0.25, -0.2) is 4.39 Å². The van der Waals surface area contributed by atoms with Gasteiger partial charge in [0.2, 0.25) is 0 Å². The number of nitrogens with zero attached hydrogens (tertiary/aromatic N) is 1. The Bertz CT molecular complexity index is 1110. The Morgan fingerprint density at radius 3 is 2.72 bits per heavy atom. The van der Waals surface area contributed by atoms with Gasteiger partial charge in [-0.1, -0.05) is 30.1 Å². The predicted molar refractivity (Wildman–Crippen MR) is 131 cm³/mol. The summed E-state index contributed by atoms with van der Waals surface area (Å²) in [5, 5.41) is 2.62. The van der Waals surface area contributed by atoms with Crippen molar-refractivity contribution < 1.29 is 23.5 Å². The van der Waals surface area contributed by atoms with Crippen LogP contribution in [0, 0.1) is 5.82 Å². The van der Waals surface area contributed by atoms with Gasteiger partial charge in [0, 0.05) is 12.2 Å². The van der Waals surface area contributed by atoms with Crippen molar-refractivity contribution in [3.63, 3.8) is 0 Å². The fraction of sp³-hybridized carbons (Fsp3) is 0.136. The number of halogens is 2. The minimum Gasteiger partial charge on any atom is -0.493 e. The van der Waals surface area contributed by atoms with Crippen LogP contribution in [0.2, 0.25) is 0 Å². The number of thioether (sulfide) groups is 1. The Morgan fingerprint density at radius 1 is 1.34 bits per heavy atom. The highest BCUT2D eigenvalue weighted by Crippen LogP contribution is 2.39. The third kappa shape index (κ3) is 5.76. The first-order chi connectivity index (χ1) is 15.3. The van der Waals surface area contributed by atoms with Crippen molar-refractivity contribution in [2.45, 2.75) is 0 Å². The number of amides is 2. The standard InChI is InChI=1S/C22H18BrFN2O4S2/c1-3-8-26-21(28)18(32-22(26)31)11-13-9-16(23)20(17(10-13)29-2)30-12-19(27)25-15-6-4-14(24)5-7-15/h3-7,9-11H,1,8,12H2,2H3,(H,25,27)/b18-11-. The highest BCUT2D eigenvalue weighted by molar-refractivity contribution is 9.10. The molecule has 6 nitrogen and oxygen atoms in total. The van der Waals surface area contributed by atoms with Crippen molar-refractivity contribution >= 4 is 67.8 Å². The van der Waals surface area contributed by atoms with Gasteiger partial charge < -0.3 is 14.8 Å². The van der Waals surface area contributed by atoms with Crippen molar-refractivity contribution in [2.75, 3.05) is 25.6 Å². The van der Waals surface area contributed by atoms with Gasteiger partial charge in [-0.3, -0.25) is 14.5 Å². The highest BCUT2D eigenvalue weighted by Gasteiger charge is 2.31. The lowest BCUT2D eigenvalue weighted by Gasteiger charge is -2.14. The normalized spacial score (nSPS) is 14.6. The second-order valence-corrected chi connectivity index (χ2v) is 8.99. The number of carbonyl (C=O) groups is 2. The molecular weight excluding hydrogens is 519 g/mol. The second kappa shape index (κ2) is 10.8. The quantitative estimate of drug-likeness (QED) is 0.291. The summed E-state index contributed by atoms with van der Waals surface area (Å²) in [5.41, 5.74) is 1.14. The Morgan fingerprint density at radius 2 is 2.06 bits per heavy atom. The number of thiocarbonyl (C=S) groups is 1. The van der Waals surface area contributed by atoms with Crippen molar-refractivity contribution in [3.05, 3.63) is 69.8 Å². The minimum absolute atomic E-state index is 0.187. The van der Waals surface area contributed by atoms with E-state index in [4.69, 9.17) is 21.7 Å². The zero-order valence-corrected chi connectivity index (χ0v) is 20.1. The summed E-state index contributed by atoms with van der Waals surface area (Å²) >= 11 is 9.89. The molecule has 1 aliphatic heterocycles. The minimum atomic E-state index is -0.416. The van der Waals surface area contributed by atoms with Crippen LogP contribution in [0.25, 0.3) is 6.08 Å². The number of methoxy groups -OCH3 is 1. The molecule has 2 amide bonds. The summed E-state index contributed by atoms with van der Waals surface area (Å²) in [5.74, 6) is -0.288. The van der Waals surface area contributed by atoms with E-state index in [-0.39, 0.29) is 12.5 Å². The average molecular weight is 537 g/mol. The van der Waals surface area contributed by atoms with Crippen LogP contribution in [0.3, 0.4) is 0 Å². The highest BCUT2D eigenvalue weighted by atomic mass is 79.9. The number of nitrogens with one attached hydrogen (secondary N) is 1. The van der Waals surface area contributed by atoms with Gasteiger partial charge in [0.25, 0.3) is 11.8 Å². The fourth-order valence-electron chi connectivity index (χ4n) is 2.77. The van der Waals surface area contributed by atoms with Gasteiger partial charge in [-0.15, -0.1) is 6.58 Å². The maximum atomic E-state index is 13.0. The molecule has 10 heteroatoms. The van der Waals surface area contributed by atoms with Crippen molar-refractivity contribution in [1.82, 2.24) is 4.90 Å². The van der Waals surface area contributed by atoms with Gasteiger partial charge in [-0.05, 0) is 64.0 Å². The predicted octanol–water partition coefficient (Wildman–Crippen LogP) is 5.00. The van der Waals surface area contributed by atoms with E-state index in [9.17, 15) is 14.0 Å². The number of hydrogen-bond donors (Lipinski definition) is 1. The molecule has 0 radical (unpaired) electrons. The van der Waals surface area contributed by atoms with Gasteiger partial charge in [0.15, 0.2) is 18.1 Å². The molecule has 0 aliphatic carbocycles. The number of benzene rings is 2. The molecule has 0 unspecified atom stereocenters. The summed E-state index contributed by atoms with van der Waals surface area (Å²) < 4.78 is 25.0. The first kappa shape index (κ1) is 24.0. The van der Waals surface area contributed by atoms with Gasteiger partial charge >= 0.3 is 0 Å². The lowest BCUT2D eigenvalue weighted by molar-refractivity contribution is -0.121. The summed E-state index contributed by atoms with van der Waals surface area (Å²) in [4.78, 5) is 26.7. The Balaban J connectivity index is 1.73. The molecule has 166 valence electrons. The van der Waals surface area contributed by atoms with Gasteiger partial charge in [-0.2, -0.15) is 0 Å². The summed E-state index contributed by atoms with van der Waals surface area (Å²) in [6, 6.07) is 8.85. The van der Waals surface area contributed by atoms with E-state index in [0.717, 1.165) is 0 Å². The van der Waals surface area contributed by atoms with Crippen LogP contribution in [0.5, 0.6) is 11.5 Å². The number of carbonyl (C=O) groups excluding carboxylic acids is 2. The first-order valence-corrected chi connectivity index (χ1v) is 11.3. The van der Waals surface area contributed by atoms with Crippen molar-refractivity contribution in [3.8, 4) is 11.5 Å². The Labute approximate surface area is 202 Å². The molecule has 0 spiro atoms. The van der Waals surface area contributed by atoms with Crippen LogP contribution in [-0.2, 0) is 9.59 Å². The molecule has 2 aromatic rings. The topological polar surface area (TPSA) is 67.9 Å². The molecule has 32 heavy (non-hydrogen) atoms. The van der Waals surface area contributed by atoms with E-state index < -0.39 is 11.7 Å². The van der Waals surface area contributed by atoms with E-state index >= 15 is 0 Å². The average Bonchev–Trinajstić information content (AvgIpc) is 3.02. The molecule has 1 N–H and O–H groups in total. The van der Waals surface area contributed by atoms with E-state index in [0.29, 0.717) is 43.0 Å². The van der Waals surface area contributed by atoms with Gasteiger partial charge in [0.1, 0.15) is 10.1 Å². The molecule has 0 atom stereocenters. The Kier molecular flexibility index (Phi) is 8.05. The monoisotopic (exact) mass is 536 g/mol. The lowest BCUT2D eigenvalue weighted by Crippen LogP contribution is -2.27. The van der Waals surface area contributed by atoms with Gasteiger partial charge in [0.05, 0.1) is 16.5 Å². The molecule has 2 aromatic carbocycles. The molecule has 0 bridgehead atoms. The maximum absolute atomic E-state index is 13.0. The molecule has 0 aromatic heterocycles. The third-order valence-electron chi connectivity index (χ3n) is 4.21. The number of anilines is 1. The summed E-state index contributed by atoms with van der Waals surface area (Å²) in [6.07, 6.45) is 3.33. The molecule has 1 fully saturated rings. The van der Waals surface area contributed by atoms with E-state index in [1.165, 1.54) is 48.0 Å². The zero-order valence-electron chi connectivity index (χ0n) is 16.9. The molecule has 1 heterocycles. The van der Waals surface area contributed by atoms with Crippen molar-refractivity contribution in [2.24, 2.45) is 0 Å². The fourth-order valence-corrected chi connectivity index (χ4v) is 4.62. The van der Waals surface area contributed by atoms with Crippen LogP contribution in [0.1, 0.15) is 5.56 Å². The Hall–Kier alpha value is -2.69. The van der Waals surface area contributed by atoms with Crippen LogP contribution >= 0.6 is 39.9 Å². The number of rotatable bonds is 8.